The van der Waals surface area contributed by atoms with Crippen molar-refractivity contribution < 1.29 is 22.3 Å². The van der Waals surface area contributed by atoms with Crippen LogP contribution in [0.1, 0.15) is 33.6 Å². The monoisotopic (exact) mass is 341 g/mol. The zero-order valence-electron chi connectivity index (χ0n) is 13.3. The molecule has 1 aromatic rings. The second-order valence-electron chi connectivity index (χ2n) is 6.27. The van der Waals surface area contributed by atoms with Crippen LogP contribution in [0.3, 0.4) is 0 Å². The quantitative estimate of drug-likeness (QED) is 0.676. The SMILES string of the molecule is CC(C)(C)OC(=O)/C(=C1\CCCN1)S(=O)(=O)c1ccccc1F. The van der Waals surface area contributed by atoms with Crippen molar-refractivity contribution in [2.75, 3.05) is 6.54 Å². The fraction of sp³-hybridized carbons (Fsp3) is 0.438. The zero-order chi connectivity index (χ0) is 17.3. The van der Waals surface area contributed by atoms with Gasteiger partial charge in [0, 0.05) is 12.2 Å². The van der Waals surface area contributed by atoms with Crippen LogP contribution >= 0.6 is 0 Å². The third-order valence-electron chi connectivity index (χ3n) is 3.20. The summed E-state index contributed by atoms with van der Waals surface area (Å²) < 4.78 is 44.8. The Hall–Kier alpha value is -1.89. The highest BCUT2D eigenvalue weighted by molar-refractivity contribution is 7.96. The van der Waals surface area contributed by atoms with Crippen molar-refractivity contribution in [2.24, 2.45) is 0 Å². The number of rotatable bonds is 3. The van der Waals surface area contributed by atoms with Gasteiger partial charge in [0.25, 0.3) is 0 Å². The summed E-state index contributed by atoms with van der Waals surface area (Å²) in [6.45, 7) is 5.50. The van der Waals surface area contributed by atoms with E-state index in [-0.39, 0.29) is 5.70 Å². The van der Waals surface area contributed by atoms with Gasteiger partial charge in [-0.15, -0.1) is 0 Å². The van der Waals surface area contributed by atoms with E-state index in [1.165, 1.54) is 12.1 Å². The van der Waals surface area contributed by atoms with Crippen LogP contribution in [0.5, 0.6) is 0 Å². The van der Waals surface area contributed by atoms with Crippen LogP contribution in [0.4, 0.5) is 4.39 Å². The van der Waals surface area contributed by atoms with Crippen LogP contribution in [0.2, 0.25) is 0 Å². The molecule has 1 aliphatic heterocycles. The molecule has 2 rings (SSSR count). The van der Waals surface area contributed by atoms with E-state index in [0.29, 0.717) is 19.4 Å². The average molecular weight is 341 g/mol. The first-order valence-electron chi connectivity index (χ1n) is 7.33. The minimum absolute atomic E-state index is 0.280. The number of allylic oxidation sites excluding steroid dienone is 1. The summed E-state index contributed by atoms with van der Waals surface area (Å²) in [6.07, 6.45) is 1.11. The molecule has 23 heavy (non-hydrogen) atoms. The molecule has 0 atom stereocenters. The molecule has 0 amide bonds. The van der Waals surface area contributed by atoms with Gasteiger partial charge >= 0.3 is 5.97 Å². The number of hydrogen-bond donors (Lipinski definition) is 1. The molecule has 0 aromatic heterocycles. The van der Waals surface area contributed by atoms with Crippen LogP contribution < -0.4 is 5.32 Å². The highest BCUT2D eigenvalue weighted by Crippen LogP contribution is 2.29. The Morgan fingerprint density at radius 2 is 1.91 bits per heavy atom. The Bertz CT molecular complexity index is 740. The number of carbonyl (C=O) groups is 1. The van der Waals surface area contributed by atoms with Crippen LogP contribution in [-0.2, 0) is 19.4 Å². The number of nitrogens with one attached hydrogen (secondary N) is 1. The van der Waals surface area contributed by atoms with Crippen molar-refractivity contribution in [1.82, 2.24) is 5.32 Å². The highest BCUT2D eigenvalue weighted by atomic mass is 32.2. The molecule has 1 heterocycles. The Morgan fingerprint density at radius 1 is 1.26 bits per heavy atom. The number of sulfone groups is 1. The summed E-state index contributed by atoms with van der Waals surface area (Å²) in [6, 6.07) is 4.99. The number of esters is 1. The second-order valence-corrected chi connectivity index (χ2v) is 8.13. The molecule has 7 heteroatoms. The van der Waals surface area contributed by atoms with Crippen molar-refractivity contribution in [1.29, 1.82) is 0 Å². The van der Waals surface area contributed by atoms with Gasteiger partial charge in [0.05, 0.1) is 0 Å². The van der Waals surface area contributed by atoms with Crippen LogP contribution in [-0.4, -0.2) is 26.5 Å². The number of ether oxygens (including phenoxy) is 1. The van der Waals surface area contributed by atoms with E-state index in [4.69, 9.17) is 4.74 Å². The number of halogens is 1. The molecule has 126 valence electrons. The predicted octanol–water partition coefficient (Wildman–Crippen LogP) is 2.54. The summed E-state index contributed by atoms with van der Waals surface area (Å²) in [7, 11) is -4.32. The van der Waals surface area contributed by atoms with Crippen molar-refractivity contribution in [3.63, 3.8) is 0 Å². The normalized spacial score (nSPS) is 17.6. The summed E-state index contributed by atoms with van der Waals surface area (Å²) in [5.74, 6) is -1.86. The van der Waals surface area contributed by atoms with Crippen LogP contribution in [0.25, 0.3) is 0 Å². The summed E-state index contributed by atoms with van der Waals surface area (Å²) in [5, 5.41) is 2.90. The average Bonchev–Trinajstić information content (AvgIpc) is 2.90. The molecule has 1 aliphatic rings. The van der Waals surface area contributed by atoms with Crippen LogP contribution in [0.15, 0.2) is 39.8 Å². The van der Waals surface area contributed by atoms with E-state index in [1.54, 1.807) is 20.8 Å². The predicted molar refractivity (Wildman–Crippen MR) is 83.7 cm³/mol. The molecule has 1 aromatic carbocycles. The summed E-state index contributed by atoms with van der Waals surface area (Å²) >= 11 is 0. The van der Waals surface area contributed by atoms with Crippen molar-refractivity contribution in [2.45, 2.75) is 44.1 Å². The minimum atomic E-state index is -4.32. The molecule has 0 bridgehead atoms. The Kier molecular flexibility index (Phi) is 4.79. The third kappa shape index (κ3) is 3.90. The van der Waals surface area contributed by atoms with E-state index in [9.17, 15) is 17.6 Å². The molecule has 1 saturated heterocycles. The van der Waals surface area contributed by atoms with Crippen molar-refractivity contribution in [3.05, 3.63) is 40.7 Å². The van der Waals surface area contributed by atoms with Crippen molar-refractivity contribution in [3.8, 4) is 0 Å². The third-order valence-corrected chi connectivity index (χ3v) is 5.06. The largest absolute Gasteiger partial charge is 0.456 e. The van der Waals surface area contributed by atoms with Gasteiger partial charge in [-0.3, -0.25) is 0 Å². The summed E-state index contributed by atoms with van der Waals surface area (Å²) in [5.41, 5.74) is -0.575. The van der Waals surface area contributed by atoms with Gasteiger partial charge in [-0.1, -0.05) is 12.1 Å². The number of benzene rings is 1. The number of hydrogen-bond acceptors (Lipinski definition) is 5. The van der Waals surface area contributed by atoms with E-state index < -0.39 is 37.0 Å². The smallest absolute Gasteiger partial charge is 0.352 e. The molecule has 0 aliphatic carbocycles. The van der Waals surface area contributed by atoms with Gasteiger partial charge in [-0.2, -0.15) is 0 Å². The molecular weight excluding hydrogens is 321 g/mol. The van der Waals surface area contributed by atoms with Crippen molar-refractivity contribution >= 4 is 15.8 Å². The molecule has 0 radical (unpaired) electrons. The Balaban J connectivity index is 2.57. The molecule has 0 spiro atoms. The van der Waals surface area contributed by atoms with Gasteiger partial charge in [-0.05, 0) is 45.7 Å². The lowest BCUT2D eigenvalue weighted by molar-refractivity contribution is -0.149. The maximum atomic E-state index is 14.0. The first kappa shape index (κ1) is 17.5. The van der Waals surface area contributed by atoms with Gasteiger partial charge < -0.3 is 10.1 Å². The fourth-order valence-electron chi connectivity index (χ4n) is 2.28. The molecule has 5 nitrogen and oxygen atoms in total. The van der Waals surface area contributed by atoms with E-state index in [2.05, 4.69) is 5.32 Å². The van der Waals surface area contributed by atoms with Gasteiger partial charge in [0.2, 0.25) is 9.84 Å². The molecule has 0 unspecified atom stereocenters. The topological polar surface area (TPSA) is 72.5 Å². The number of carbonyl (C=O) groups excluding carboxylic acids is 1. The summed E-state index contributed by atoms with van der Waals surface area (Å²) in [4.78, 5) is 11.4. The maximum absolute atomic E-state index is 14.0. The second kappa shape index (κ2) is 6.31. The zero-order valence-corrected chi connectivity index (χ0v) is 14.2. The molecule has 0 saturated carbocycles. The van der Waals surface area contributed by atoms with Gasteiger partial charge in [0.15, 0.2) is 4.91 Å². The lowest BCUT2D eigenvalue weighted by Gasteiger charge is -2.21. The lowest BCUT2D eigenvalue weighted by atomic mass is 10.2. The first-order chi connectivity index (χ1) is 10.6. The molecular formula is C16H20FNO4S. The van der Waals surface area contributed by atoms with Gasteiger partial charge in [0.1, 0.15) is 16.3 Å². The maximum Gasteiger partial charge on any atom is 0.352 e. The van der Waals surface area contributed by atoms with E-state index >= 15 is 0 Å². The Labute approximate surface area is 135 Å². The minimum Gasteiger partial charge on any atom is -0.456 e. The lowest BCUT2D eigenvalue weighted by Crippen LogP contribution is -2.29. The first-order valence-corrected chi connectivity index (χ1v) is 8.81. The molecule has 1 N–H and O–H groups in total. The van der Waals surface area contributed by atoms with E-state index in [1.807, 2.05) is 0 Å². The van der Waals surface area contributed by atoms with Crippen LogP contribution in [0, 0.1) is 5.82 Å². The standard InChI is InChI=1S/C16H20FNO4S/c1-16(2,3)22-15(19)14(12-8-6-10-18-12)23(20,21)13-9-5-4-7-11(13)17/h4-5,7,9,18H,6,8,10H2,1-3H3/b14-12-. The highest BCUT2D eigenvalue weighted by Gasteiger charge is 2.36. The van der Waals surface area contributed by atoms with Gasteiger partial charge in [-0.25, -0.2) is 17.6 Å². The Morgan fingerprint density at radius 3 is 2.43 bits per heavy atom. The molecule has 1 fully saturated rings. The fourth-order valence-corrected chi connectivity index (χ4v) is 3.84. The van der Waals surface area contributed by atoms with E-state index in [0.717, 1.165) is 12.1 Å².